The molecule has 0 fully saturated rings. The molecule has 1 aromatic carbocycles. The molecule has 0 spiro atoms. The molecule has 2 aromatic rings. The molecule has 1 N–H and O–H groups in total. The number of benzene rings is 1. The number of rotatable bonds is 3. The first kappa shape index (κ1) is 11.5. The Hall–Kier alpha value is -1.03. The van der Waals surface area contributed by atoms with Crippen molar-refractivity contribution in [2.24, 2.45) is 0 Å². The van der Waals surface area contributed by atoms with Crippen molar-refractivity contribution in [1.29, 1.82) is 0 Å². The van der Waals surface area contributed by atoms with E-state index in [0.717, 1.165) is 11.3 Å². The van der Waals surface area contributed by atoms with Crippen molar-refractivity contribution in [2.75, 3.05) is 6.61 Å². The number of aromatic nitrogens is 2. The van der Waals surface area contributed by atoms with Crippen LogP contribution in [0.3, 0.4) is 0 Å². The van der Waals surface area contributed by atoms with Gasteiger partial charge in [-0.25, -0.2) is 0 Å². The van der Waals surface area contributed by atoms with Gasteiger partial charge >= 0.3 is 0 Å². The summed E-state index contributed by atoms with van der Waals surface area (Å²) in [7, 11) is 0. The summed E-state index contributed by atoms with van der Waals surface area (Å²) in [5.74, 6) is 0. The van der Waals surface area contributed by atoms with Crippen molar-refractivity contribution in [3.8, 4) is 11.3 Å². The topological polar surface area (TPSA) is 38.0 Å². The van der Waals surface area contributed by atoms with Crippen molar-refractivity contribution in [3.05, 3.63) is 40.5 Å². The highest BCUT2D eigenvalue weighted by Gasteiger charge is 2.06. The van der Waals surface area contributed by atoms with Crippen LogP contribution in [-0.4, -0.2) is 21.5 Å². The highest BCUT2D eigenvalue weighted by Crippen LogP contribution is 2.28. The maximum absolute atomic E-state index is 8.90. The molecule has 1 aromatic heterocycles. The Labute approximate surface area is 103 Å². The normalized spacial score (nSPS) is 10.7. The molecule has 0 radical (unpaired) electrons. The Morgan fingerprint density at radius 3 is 2.69 bits per heavy atom. The van der Waals surface area contributed by atoms with Gasteiger partial charge in [0.05, 0.1) is 28.9 Å². The van der Waals surface area contributed by atoms with E-state index in [2.05, 4.69) is 5.10 Å². The molecule has 0 bridgehead atoms. The molecule has 0 amide bonds. The minimum Gasteiger partial charge on any atom is -0.394 e. The van der Waals surface area contributed by atoms with Crippen molar-refractivity contribution in [3.63, 3.8) is 0 Å². The van der Waals surface area contributed by atoms with E-state index in [1.54, 1.807) is 23.0 Å². The zero-order valence-corrected chi connectivity index (χ0v) is 9.91. The summed E-state index contributed by atoms with van der Waals surface area (Å²) < 4.78 is 1.72. The van der Waals surface area contributed by atoms with Crippen molar-refractivity contribution < 1.29 is 5.11 Å². The first-order valence-electron chi connectivity index (χ1n) is 4.80. The SMILES string of the molecule is OCCn1nccc1-c1ccc(Cl)c(Cl)c1. The monoisotopic (exact) mass is 256 g/mol. The fraction of sp³-hybridized carbons (Fsp3) is 0.182. The lowest BCUT2D eigenvalue weighted by Gasteiger charge is -2.06. The van der Waals surface area contributed by atoms with Gasteiger partial charge in [-0.3, -0.25) is 4.68 Å². The molecule has 0 aliphatic rings. The molecular formula is C11H10Cl2N2O. The minimum absolute atomic E-state index is 0.0516. The van der Waals surface area contributed by atoms with Crippen LogP contribution in [0.15, 0.2) is 30.5 Å². The van der Waals surface area contributed by atoms with Gasteiger partial charge in [-0.1, -0.05) is 29.3 Å². The molecule has 5 heteroatoms. The number of hydrogen-bond donors (Lipinski definition) is 1. The second-order valence-corrected chi connectivity index (χ2v) is 4.11. The third-order valence-electron chi connectivity index (χ3n) is 2.24. The molecule has 1 heterocycles. The zero-order chi connectivity index (χ0) is 11.5. The van der Waals surface area contributed by atoms with E-state index >= 15 is 0 Å². The van der Waals surface area contributed by atoms with Crippen LogP contribution < -0.4 is 0 Å². The minimum atomic E-state index is 0.0516. The van der Waals surface area contributed by atoms with E-state index in [9.17, 15) is 0 Å². The molecule has 0 aliphatic heterocycles. The van der Waals surface area contributed by atoms with Gasteiger partial charge in [0.25, 0.3) is 0 Å². The Balaban J connectivity index is 2.42. The van der Waals surface area contributed by atoms with Crippen LogP contribution >= 0.6 is 23.2 Å². The van der Waals surface area contributed by atoms with E-state index in [4.69, 9.17) is 28.3 Å². The van der Waals surface area contributed by atoms with Crippen LogP contribution in [0, 0.1) is 0 Å². The Bertz CT molecular complexity index is 496. The van der Waals surface area contributed by atoms with Crippen molar-refractivity contribution >= 4 is 23.2 Å². The number of nitrogens with zero attached hydrogens (tertiary/aromatic N) is 2. The summed E-state index contributed by atoms with van der Waals surface area (Å²) in [6.45, 7) is 0.512. The summed E-state index contributed by atoms with van der Waals surface area (Å²) >= 11 is 11.8. The van der Waals surface area contributed by atoms with Crippen LogP contribution in [-0.2, 0) is 6.54 Å². The summed E-state index contributed by atoms with van der Waals surface area (Å²) in [4.78, 5) is 0. The van der Waals surface area contributed by atoms with Gasteiger partial charge in [-0.15, -0.1) is 0 Å². The smallest absolute Gasteiger partial charge is 0.0683 e. The summed E-state index contributed by atoms with van der Waals surface area (Å²) in [5.41, 5.74) is 1.84. The van der Waals surface area contributed by atoms with Gasteiger partial charge < -0.3 is 5.11 Å². The average Bonchev–Trinajstić information content (AvgIpc) is 2.71. The lowest BCUT2D eigenvalue weighted by Crippen LogP contribution is -2.05. The molecular weight excluding hydrogens is 247 g/mol. The predicted octanol–water partition coefficient (Wildman–Crippen LogP) is 2.85. The van der Waals surface area contributed by atoms with Gasteiger partial charge in [0.2, 0.25) is 0 Å². The fourth-order valence-electron chi connectivity index (χ4n) is 1.51. The largest absolute Gasteiger partial charge is 0.394 e. The first-order valence-corrected chi connectivity index (χ1v) is 5.56. The fourth-order valence-corrected chi connectivity index (χ4v) is 1.80. The quantitative estimate of drug-likeness (QED) is 0.918. The molecule has 3 nitrogen and oxygen atoms in total. The van der Waals surface area contributed by atoms with E-state index in [1.165, 1.54) is 0 Å². The molecule has 2 rings (SSSR count). The van der Waals surface area contributed by atoms with Gasteiger partial charge in [0.1, 0.15) is 0 Å². The zero-order valence-electron chi connectivity index (χ0n) is 8.40. The van der Waals surface area contributed by atoms with Crippen LogP contribution in [0.4, 0.5) is 0 Å². The lowest BCUT2D eigenvalue weighted by atomic mass is 10.1. The highest BCUT2D eigenvalue weighted by molar-refractivity contribution is 6.42. The van der Waals surface area contributed by atoms with Crippen LogP contribution in [0.2, 0.25) is 10.0 Å². The van der Waals surface area contributed by atoms with Crippen LogP contribution in [0.5, 0.6) is 0 Å². The van der Waals surface area contributed by atoms with E-state index in [-0.39, 0.29) is 6.61 Å². The predicted molar refractivity (Wildman–Crippen MR) is 64.8 cm³/mol. The summed E-state index contributed by atoms with van der Waals surface area (Å²) in [5, 5.41) is 14.1. The third-order valence-corrected chi connectivity index (χ3v) is 2.98. The molecule has 84 valence electrons. The molecule has 0 unspecified atom stereocenters. The summed E-state index contributed by atoms with van der Waals surface area (Å²) in [6.07, 6.45) is 1.69. The maximum atomic E-state index is 8.90. The van der Waals surface area contributed by atoms with Crippen LogP contribution in [0.1, 0.15) is 0 Å². The number of halogens is 2. The second-order valence-electron chi connectivity index (χ2n) is 3.29. The molecule has 0 saturated heterocycles. The lowest BCUT2D eigenvalue weighted by molar-refractivity contribution is 0.270. The number of aliphatic hydroxyl groups excluding tert-OH is 1. The molecule has 0 atom stereocenters. The Morgan fingerprint density at radius 1 is 1.19 bits per heavy atom. The van der Waals surface area contributed by atoms with E-state index in [0.29, 0.717) is 16.6 Å². The Kier molecular flexibility index (Phi) is 3.49. The maximum Gasteiger partial charge on any atom is 0.0683 e. The molecule has 0 saturated carbocycles. The number of aliphatic hydroxyl groups is 1. The highest BCUT2D eigenvalue weighted by atomic mass is 35.5. The van der Waals surface area contributed by atoms with E-state index < -0.39 is 0 Å². The third kappa shape index (κ3) is 2.21. The molecule has 0 aliphatic carbocycles. The van der Waals surface area contributed by atoms with Gasteiger partial charge in [-0.05, 0) is 18.2 Å². The van der Waals surface area contributed by atoms with Crippen molar-refractivity contribution in [2.45, 2.75) is 6.54 Å². The van der Waals surface area contributed by atoms with Gasteiger partial charge in [0.15, 0.2) is 0 Å². The standard InChI is InChI=1S/C11H10Cl2N2O/c12-9-2-1-8(7-10(9)13)11-3-4-14-15(11)5-6-16/h1-4,7,16H,5-6H2. The average molecular weight is 257 g/mol. The molecule has 16 heavy (non-hydrogen) atoms. The van der Waals surface area contributed by atoms with E-state index in [1.807, 2.05) is 12.1 Å². The number of hydrogen-bond acceptors (Lipinski definition) is 2. The first-order chi connectivity index (χ1) is 7.72. The van der Waals surface area contributed by atoms with Gasteiger partial charge in [0, 0.05) is 11.8 Å². The van der Waals surface area contributed by atoms with Gasteiger partial charge in [-0.2, -0.15) is 5.10 Å². The second kappa shape index (κ2) is 4.87. The van der Waals surface area contributed by atoms with Crippen LogP contribution in [0.25, 0.3) is 11.3 Å². The van der Waals surface area contributed by atoms with Crippen molar-refractivity contribution in [1.82, 2.24) is 9.78 Å². The summed E-state index contributed by atoms with van der Waals surface area (Å²) in [6, 6.07) is 7.28. The Morgan fingerprint density at radius 2 is 2.00 bits per heavy atom.